The van der Waals surface area contributed by atoms with Crippen molar-refractivity contribution in [2.45, 2.75) is 84.7 Å². The van der Waals surface area contributed by atoms with Gasteiger partial charge in [-0.1, -0.05) is 46.0 Å². The van der Waals surface area contributed by atoms with E-state index in [2.05, 4.69) is 6.92 Å². The van der Waals surface area contributed by atoms with Gasteiger partial charge >= 0.3 is 11.9 Å². The van der Waals surface area contributed by atoms with Gasteiger partial charge in [0.05, 0.1) is 12.7 Å². The third kappa shape index (κ3) is 12.0. The van der Waals surface area contributed by atoms with Gasteiger partial charge in [0.25, 0.3) is 0 Å². The molecule has 0 amide bonds. The van der Waals surface area contributed by atoms with Crippen molar-refractivity contribution in [1.29, 1.82) is 0 Å². The normalized spacial score (nSPS) is 11.9. The molecule has 4 nitrogen and oxygen atoms in total. The van der Waals surface area contributed by atoms with E-state index in [1.165, 1.54) is 32.1 Å². The molecule has 0 fully saturated rings. The zero-order valence-electron chi connectivity index (χ0n) is 13.3. The minimum atomic E-state index is -0.497. The first kappa shape index (κ1) is 18.9. The maximum Gasteiger partial charge on any atom is 0.317 e. The summed E-state index contributed by atoms with van der Waals surface area (Å²) in [6, 6.07) is 0. The molecule has 0 saturated carbocycles. The molecule has 0 N–H and O–H groups in total. The first-order valence-corrected chi connectivity index (χ1v) is 7.95. The number of ether oxygens (including phenoxy) is 2. The van der Waals surface area contributed by atoms with Crippen LogP contribution in [0.5, 0.6) is 0 Å². The van der Waals surface area contributed by atoms with E-state index in [1.54, 1.807) is 0 Å². The number of carbonyl (C=O) groups is 2. The molecule has 1 unspecified atom stereocenters. The summed E-state index contributed by atoms with van der Waals surface area (Å²) in [4.78, 5) is 22.7. The van der Waals surface area contributed by atoms with E-state index in [1.807, 2.05) is 13.8 Å². The Kier molecular flexibility index (Phi) is 12.3. The van der Waals surface area contributed by atoms with Gasteiger partial charge in [0.2, 0.25) is 0 Å². The van der Waals surface area contributed by atoms with Crippen LogP contribution in [-0.2, 0) is 19.1 Å². The highest BCUT2D eigenvalue weighted by atomic mass is 16.6. The third-order valence-electron chi connectivity index (χ3n) is 3.05. The number of hydrogen-bond donors (Lipinski definition) is 0. The molecule has 0 aliphatic heterocycles. The minimum absolute atomic E-state index is 0.118. The van der Waals surface area contributed by atoms with Crippen molar-refractivity contribution >= 4 is 11.9 Å². The van der Waals surface area contributed by atoms with Crippen molar-refractivity contribution in [1.82, 2.24) is 0 Å². The van der Waals surface area contributed by atoms with Crippen LogP contribution in [0.3, 0.4) is 0 Å². The Bertz CT molecular complexity index is 263. The van der Waals surface area contributed by atoms with Crippen LogP contribution in [0.4, 0.5) is 0 Å². The molecule has 0 saturated heterocycles. The van der Waals surface area contributed by atoms with Crippen molar-refractivity contribution in [3.63, 3.8) is 0 Å². The summed E-state index contributed by atoms with van der Waals surface area (Å²) in [7, 11) is 0. The second-order valence-corrected chi connectivity index (χ2v) is 5.25. The highest BCUT2D eigenvalue weighted by Gasteiger charge is 2.14. The maximum absolute atomic E-state index is 11.5. The molecular weight excluding hydrogens is 256 g/mol. The standard InChI is InChI=1S/C16H30O4/c1-4-6-7-8-9-10-11-14(3)20-16(18)13-15(17)19-12-5-2/h14H,4-13H2,1-3H3. The second-order valence-electron chi connectivity index (χ2n) is 5.25. The predicted octanol–water partition coefficient (Wildman–Crippen LogP) is 4.01. The fourth-order valence-electron chi connectivity index (χ4n) is 1.92. The fraction of sp³-hybridized carbons (Fsp3) is 0.875. The van der Waals surface area contributed by atoms with E-state index in [0.717, 1.165) is 19.3 Å². The number of esters is 2. The van der Waals surface area contributed by atoms with E-state index in [0.29, 0.717) is 6.61 Å². The smallest absolute Gasteiger partial charge is 0.317 e. The molecule has 0 aliphatic carbocycles. The van der Waals surface area contributed by atoms with Gasteiger partial charge in [0, 0.05) is 0 Å². The van der Waals surface area contributed by atoms with Gasteiger partial charge in [-0.15, -0.1) is 0 Å². The SMILES string of the molecule is CCCCCCCCC(C)OC(=O)CC(=O)OCCC. The van der Waals surface area contributed by atoms with E-state index in [4.69, 9.17) is 9.47 Å². The van der Waals surface area contributed by atoms with Crippen molar-refractivity contribution in [2.24, 2.45) is 0 Å². The molecule has 4 heteroatoms. The van der Waals surface area contributed by atoms with Crippen molar-refractivity contribution in [3.8, 4) is 0 Å². The topological polar surface area (TPSA) is 52.6 Å². The number of hydrogen-bond acceptors (Lipinski definition) is 4. The summed E-state index contributed by atoms with van der Waals surface area (Å²) in [5.41, 5.74) is 0. The van der Waals surface area contributed by atoms with Crippen molar-refractivity contribution in [3.05, 3.63) is 0 Å². The lowest BCUT2D eigenvalue weighted by molar-refractivity contribution is -0.157. The van der Waals surface area contributed by atoms with Crippen molar-refractivity contribution in [2.75, 3.05) is 6.61 Å². The Morgan fingerprint density at radius 2 is 1.55 bits per heavy atom. The molecule has 0 aromatic rings. The molecule has 0 aromatic carbocycles. The quantitative estimate of drug-likeness (QED) is 0.309. The van der Waals surface area contributed by atoms with E-state index < -0.39 is 11.9 Å². The van der Waals surface area contributed by atoms with Crippen molar-refractivity contribution < 1.29 is 19.1 Å². The summed E-state index contributed by atoms with van der Waals surface area (Å²) in [5.74, 6) is -0.979. The van der Waals surface area contributed by atoms with Crippen LogP contribution in [0.15, 0.2) is 0 Å². The van der Waals surface area contributed by atoms with Gasteiger partial charge in [-0.2, -0.15) is 0 Å². The van der Waals surface area contributed by atoms with Crippen LogP contribution in [-0.4, -0.2) is 24.6 Å². The lowest BCUT2D eigenvalue weighted by Crippen LogP contribution is -2.19. The summed E-state index contributed by atoms with van der Waals surface area (Å²) < 4.78 is 10.0. The molecule has 0 rings (SSSR count). The van der Waals surface area contributed by atoms with Crippen LogP contribution in [0.1, 0.15) is 78.6 Å². The largest absolute Gasteiger partial charge is 0.465 e. The lowest BCUT2D eigenvalue weighted by Gasteiger charge is -2.12. The van der Waals surface area contributed by atoms with Gasteiger partial charge in [0.15, 0.2) is 0 Å². The Morgan fingerprint density at radius 3 is 2.20 bits per heavy atom. The van der Waals surface area contributed by atoms with Gasteiger partial charge in [-0.3, -0.25) is 9.59 Å². The van der Waals surface area contributed by atoms with Gasteiger partial charge in [0.1, 0.15) is 6.42 Å². The molecule has 0 bridgehead atoms. The average Bonchev–Trinajstić information content (AvgIpc) is 2.40. The average molecular weight is 286 g/mol. The highest BCUT2D eigenvalue weighted by Crippen LogP contribution is 2.10. The number of rotatable bonds is 12. The van der Waals surface area contributed by atoms with Gasteiger partial charge in [-0.25, -0.2) is 0 Å². The van der Waals surface area contributed by atoms with Gasteiger partial charge < -0.3 is 9.47 Å². The Balaban J connectivity index is 3.56. The van der Waals surface area contributed by atoms with Crippen LogP contribution < -0.4 is 0 Å². The summed E-state index contributed by atoms with van der Waals surface area (Å²) in [5, 5.41) is 0. The van der Waals surface area contributed by atoms with Gasteiger partial charge in [-0.05, 0) is 26.2 Å². The highest BCUT2D eigenvalue weighted by molar-refractivity contribution is 5.91. The number of carbonyl (C=O) groups excluding carboxylic acids is 2. The van der Waals surface area contributed by atoms with Crippen LogP contribution in [0.25, 0.3) is 0 Å². The Hall–Kier alpha value is -1.06. The molecule has 1 atom stereocenters. The zero-order chi connectivity index (χ0) is 15.2. The first-order valence-electron chi connectivity index (χ1n) is 7.95. The minimum Gasteiger partial charge on any atom is -0.465 e. The van der Waals surface area contributed by atoms with E-state index in [9.17, 15) is 9.59 Å². The lowest BCUT2D eigenvalue weighted by atomic mass is 10.1. The Labute approximate surface area is 123 Å². The van der Waals surface area contributed by atoms with Crippen LogP contribution in [0, 0.1) is 0 Å². The Morgan fingerprint density at radius 1 is 0.900 bits per heavy atom. The monoisotopic (exact) mass is 286 g/mol. The van der Waals surface area contributed by atoms with E-state index >= 15 is 0 Å². The summed E-state index contributed by atoms with van der Waals surface area (Å²) in [6.45, 7) is 6.35. The molecular formula is C16H30O4. The fourth-order valence-corrected chi connectivity index (χ4v) is 1.92. The van der Waals surface area contributed by atoms with Crippen LogP contribution in [0.2, 0.25) is 0 Å². The zero-order valence-corrected chi connectivity index (χ0v) is 13.3. The summed E-state index contributed by atoms with van der Waals surface area (Å²) >= 11 is 0. The van der Waals surface area contributed by atoms with Crippen LogP contribution >= 0.6 is 0 Å². The maximum atomic E-state index is 11.5. The third-order valence-corrected chi connectivity index (χ3v) is 3.05. The predicted molar refractivity (Wildman–Crippen MR) is 79.4 cm³/mol. The molecule has 0 heterocycles. The molecule has 0 radical (unpaired) electrons. The molecule has 0 spiro atoms. The number of unbranched alkanes of at least 4 members (excludes halogenated alkanes) is 5. The molecule has 118 valence electrons. The first-order chi connectivity index (χ1) is 9.60. The summed E-state index contributed by atoms with van der Waals surface area (Å²) in [6.07, 6.45) is 8.56. The second kappa shape index (κ2) is 12.9. The molecule has 20 heavy (non-hydrogen) atoms. The molecule has 0 aromatic heterocycles. The molecule has 0 aliphatic rings. The van der Waals surface area contributed by atoms with E-state index in [-0.39, 0.29) is 12.5 Å².